The van der Waals surface area contributed by atoms with Crippen molar-refractivity contribution in [2.75, 3.05) is 0 Å². The maximum absolute atomic E-state index is 12.0. The number of thiophene rings is 1. The first-order valence-corrected chi connectivity index (χ1v) is 9.27. The van der Waals surface area contributed by atoms with Gasteiger partial charge in [0.1, 0.15) is 5.01 Å². The van der Waals surface area contributed by atoms with Crippen LogP contribution in [0.25, 0.3) is 10.6 Å². The lowest BCUT2D eigenvalue weighted by atomic mass is 10.2. The number of carbonyl (C=O) groups excluding carboxylic acids is 1. The zero-order valence-electron chi connectivity index (χ0n) is 11.9. The van der Waals surface area contributed by atoms with Crippen molar-refractivity contribution in [2.24, 2.45) is 0 Å². The number of amides is 1. The number of hydrogen-bond acceptors (Lipinski definition) is 4. The summed E-state index contributed by atoms with van der Waals surface area (Å²) >= 11 is 15.0. The fourth-order valence-corrected chi connectivity index (χ4v) is 4.17. The molecule has 0 bridgehead atoms. The Labute approximate surface area is 151 Å². The highest BCUT2D eigenvalue weighted by Crippen LogP contribution is 2.30. The summed E-state index contributed by atoms with van der Waals surface area (Å²) in [6.07, 6.45) is 0.250. The molecule has 23 heavy (non-hydrogen) atoms. The van der Waals surface area contributed by atoms with Crippen molar-refractivity contribution in [2.45, 2.75) is 13.0 Å². The molecule has 0 saturated carbocycles. The van der Waals surface area contributed by atoms with Crippen LogP contribution in [0, 0.1) is 0 Å². The van der Waals surface area contributed by atoms with E-state index >= 15 is 0 Å². The summed E-state index contributed by atoms with van der Waals surface area (Å²) in [6.45, 7) is 0.484. The van der Waals surface area contributed by atoms with Gasteiger partial charge in [-0.25, -0.2) is 4.98 Å². The summed E-state index contributed by atoms with van der Waals surface area (Å²) in [5.41, 5.74) is 1.63. The normalized spacial score (nSPS) is 10.7. The molecule has 0 aliphatic heterocycles. The zero-order chi connectivity index (χ0) is 16.2. The minimum Gasteiger partial charge on any atom is -0.351 e. The molecule has 0 spiro atoms. The number of halogens is 2. The largest absolute Gasteiger partial charge is 0.351 e. The Morgan fingerprint density at radius 2 is 2.00 bits per heavy atom. The number of benzene rings is 1. The molecule has 0 aliphatic carbocycles. The van der Waals surface area contributed by atoms with Gasteiger partial charge in [-0.2, -0.15) is 0 Å². The molecular formula is C16H12Cl2N2OS2. The molecule has 3 aromatic rings. The lowest BCUT2D eigenvalue weighted by molar-refractivity contribution is -0.120. The van der Waals surface area contributed by atoms with Crippen molar-refractivity contribution in [3.8, 4) is 10.6 Å². The monoisotopic (exact) mass is 382 g/mol. The first-order valence-electron chi connectivity index (χ1n) is 6.82. The van der Waals surface area contributed by atoms with Crippen LogP contribution in [-0.4, -0.2) is 10.9 Å². The van der Waals surface area contributed by atoms with Gasteiger partial charge >= 0.3 is 0 Å². The number of thiazole rings is 1. The molecule has 0 saturated heterocycles. The molecule has 7 heteroatoms. The number of nitrogens with one attached hydrogen (secondary N) is 1. The number of hydrogen-bond donors (Lipinski definition) is 1. The topological polar surface area (TPSA) is 42.0 Å². The van der Waals surface area contributed by atoms with Gasteiger partial charge in [-0.05, 0) is 18.2 Å². The lowest BCUT2D eigenvalue weighted by Crippen LogP contribution is -2.24. The van der Waals surface area contributed by atoms with E-state index in [0.717, 1.165) is 25.5 Å². The molecule has 2 heterocycles. The molecule has 0 fully saturated rings. The highest BCUT2D eigenvalue weighted by molar-refractivity contribution is 7.16. The highest BCUT2D eigenvalue weighted by Gasteiger charge is 2.11. The van der Waals surface area contributed by atoms with Crippen LogP contribution in [0.5, 0.6) is 0 Å². The van der Waals surface area contributed by atoms with Gasteiger partial charge in [-0.15, -0.1) is 22.7 Å². The van der Waals surface area contributed by atoms with Crippen molar-refractivity contribution in [1.29, 1.82) is 0 Å². The summed E-state index contributed by atoms with van der Waals surface area (Å²) < 4.78 is 0.720. The van der Waals surface area contributed by atoms with Crippen molar-refractivity contribution in [3.05, 3.63) is 61.7 Å². The van der Waals surface area contributed by atoms with Gasteiger partial charge in [0.15, 0.2) is 0 Å². The van der Waals surface area contributed by atoms with Gasteiger partial charge in [-0.3, -0.25) is 4.79 Å². The maximum Gasteiger partial charge on any atom is 0.226 e. The Morgan fingerprint density at radius 1 is 1.17 bits per heavy atom. The Bertz CT molecular complexity index is 829. The minimum atomic E-state index is -0.0643. The minimum absolute atomic E-state index is 0.0643. The van der Waals surface area contributed by atoms with Gasteiger partial charge in [0.2, 0.25) is 5.91 Å². The van der Waals surface area contributed by atoms with E-state index in [4.69, 9.17) is 23.2 Å². The third kappa shape index (κ3) is 4.32. The van der Waals surface area contributed by atoms with E-state index < -0.39 is 0 Å². The van der Waals surface area contributed by atoms with Crippen molar-refractivity contribution >= 4 is 51.8 Å². The Kier molecular flexibility index (Phi) is 5.33. The molecule has 1 aromatic carbocycles. The van der Waals surface area contributed by atoms with Crippen LogP contribution < -0.4 is 5.32 Å². The molecule has 3 rings (SSSR count). The SMILES string of the molecule is O=C(Cc1csc(-c2ccccc2Cl)n1)NCc1ccc(Cl)s1. The molecule has 3 nitrogen and oxygen atoms in total. The van der Waals surface area contributed by atoms with E-state index in [1.54, 1.807) is 0 Å². The van der Waals surface area contributed by atoms with Crippen LogP contribution in [0.1, 0.15) is 10.6 Å². The lowest BCUT2D eigenvalue weighted by Gasteiger charge is -2.02. The van der Waals surface area contributed by atoms with E-state index in [9.17, 15) is 4.79 Å². The maximum atomic E-state index is 12.0. The summed E-state index contributed by atoms with van der Waals surface area (Å²) in [5.74, 6) is -0.0643. The predicted molar refractivity (Wildman–Crippen MR) is 97.4 cm³/mol. The second-order valence-electron chi connectivity index (χ2n) is 4.78. The second kappa shape index (κ2) is 7.45. The second-order valence-corrected chi connectivity index (χ2v) is 7.85. The smallest absolute Gasteiger partial charge is 0.226 e. The van der Waals surface area contributed by atoms with Gasteiger partial charge in [0.05, 0.1) is 28.0 Å². The number of rotatable bonds is 5. The average molecular weight is 383 g/mol. The summed E-state index contributed by atoms with van der Waals surface area (Å²) in [5, 5.41) is 6.24. The summed E-state index contributed by atoms with van der Waals surface area (Å²) in [7, 11) is 0. The molecule has 1 N–H and O–H groups in total. The third-order valence-electron chi connectivity index (χ3n) is 3.09. The van der Waals surface area contributed by atoms with Gasteiger partial charge in [0.25, 0.3) is 0 Å². The Hall–Kier alpha value is -1.40. The number of aromatic nitrogens is 1. The Morgan fingerprint density at radius 3 is 2.74 bits per heavy atom. The van der Waals surface area contributed by atoms with E-state index in [1.165, 1.54) is 22.7 Å². The summed E-state index contributed by atoms with van der Waals surface area (Å²) in [6, 6.07) is 11.3. The van der Waals surface area contributed by atoms with Gasteiger partial charge in [-0.1, -0.05) is 41.4 Å². The fourth-order valence-electron chi connectivity index (χ4n) is 2.01. The van der Waals surface area contributed by atoms with E-state index in [0.29, 0.717) is 11.6 Å². The number of nitrogens with zero attached hydrogens (tertiary/aromatic N) is 1. The third-order valence-corrected chi connectivity index (χ3v) is 5.57. The van der Waals surface area contributed by atoms with Gasteiger partial charge < -0.3 is 5.32 Å². The molecule has 0 atom stereocenters. The Balaban J connectivity index is 1.60. The molecular weight excluding hydrogens is 371 g/mol. The van der Waals surface area contributed by atoms with Crippen LogP contribution in [0.15, 0.2) is 41.8 Å². The van der Waals surface area contributed by atoms with Gasteiger partial charge in [0, 0.05) is 15.8 Å². The van der Waals surface area contributed by atoms with Crippen molar-refractivity contribution in [3.63, 3.8) is 0 Å². The summed E-state index contributed by atoms with van der Waals surface area (Å²) in [4.78, 5) is 17.5. The van der Waals surface area contributed by atoms with Crippen LogP contribution in [-0.2, 0) is 17.8 Å². The predicted octanol–water partition coefficient (Wildman–Crippen LogP) is 5.04. The molecule has 118 valence electrons. The highest BCUT2D eigenvalue weighted by atomic mass is 35.5. The zero-order valence-corrected chi connectivity index (χ0v) is 15.0. The quantitative estimate of drug-likeness (QED) is 0.671. The van der Waals surface area contributed by atoms with E-state index in [2.05, 4.69) is 10.3 Å². The van der Waals surface area contributed by atoms with Crippen LogP contribution >= 0.6 is 45.9 Å². The van der Waals surface area contributed by atoms with Crippen LogP contribution in [0.4, 0.5) is 0 Å². The average Bonchev–Trinajstić information content (AvgIpc) is 3.15. The molecule has 2 aromatic heterocycles. The number of carbonyl (C=O) groups is 1. The molecule has 0 aliphatic rings. The molecule has 0 unspecified atom stereocenters. The first kappa shape index (κ1) is 16.5. The molecule has 1 amide bonds. The molecule has 0 radical (unpaired) electrons. The first-order chi connectivity index (χ1) is 11.1. The van der Waals surface area contributed by atoms with Crippen LogP contribution in [0.2, 0.25) is 9.36 Å². The van der Waals surface area contributed by atoms with Crippen molar-refractivity contribution < 1.29 is 4.79 Å². The van der Waals surface area contributed by atoms with E-state index in [-0.39, 0.29) is 12.3 Å². The standard InChI is InChI=1S/C16H12Cl2N2OS2/c17-13-4-2-1-3-12(13)16-20-10(9-22-16)7-15(21)19-8-11-5-6-14(18)23-11/h1-6,9H,7-8H2,(H,19,21). The van der Waals surface area contributed by atoms with Crippen LogP contribution in [0.3, 0.4) is 0 Å². The fraction of sp³-hybridized carbons (Fsp3) is 0.125. The van der Waals surface area contributed by atoms with Crippen molar-refractivity contribution in [1.82, 2.24) is 10.3 Å². The van der Waals surface area contributed by atoms with E-state index in [1.807, 2.05) is 41.8 Å².